The Labute approximate surface area is 175 Å². The maximum atomic E-state index is 12.8. The summed E-state index contributed by atoms with van der Waals surface area (Å²) in [5.74, 6) is -0.00821. The van der Waals surface area contributed by atoms with Crippen LogP contribution in [-0.2, 0) is 35.1 Å². The Hall–Kier alpha value is -2.36. The summed E-state index contributed by atoms with van der Waals surface area (Å²) in [4.78, 5) is 29.2. The van der Waals surface area contributed by atoms with E-state index < -0.39 is 35.0 Å². The van der Waals surface area contributed by atoms with Crippen molar-refractivity contribution >= 4 is 17.6 Å². The molecule has 0 bridgehead atoms. The standard InChI is InChI=1S/C19H22ClF3N4O3/c1-18(2,3)30-16(28)14-5-4-6-15-25-26(17(29)27(14)15)8-7-13-12(20)9-11(10-24-13)19(21,22)23/h9-10,14H,4-8H2,1-3H3/t14-/m0/s1. The van der Waals surface area contributed by atoms with Gasteiger partial charge < -0.3 is 4.74 Å². The summed E-state index contributed by atoms with van der Waals surface area (Å²) >= 11 is 5.93. The Morgan fingerprint density at radius 3 is 2.63 bits per heavy atom. The van der Waals surface area contributed by atoms with Gasteiger partial charge >= 0.3 is 17.8 Å². The third kappa shape index (κ3) is 4.85. The fraction of sp³-hybridized carbons (Fsp3) is 0.579. The van der Waals surface area contributed by atoms with Crippen LogP contribution in [0.3, 0.4) is 0 Å². The summed E-state index contributed by atoms with van der Waals surface area (Å²) in [6, 6.07) is 0.0608. The zero-order chi connectivity index (χ0) is 22.3. The van der Waals surface area contributed by atoms with E-state index in [2.05, 4.69) is 10.1 Å². The van der Waals surface area contributed by atoms with E-state index >= 15 is 0 Å². The summed E-state index contributed by atoms with van der Waals surface area (Å²) < 4.78 is 46.2. The lowest BCUT2D eigenvalue weighted by Crippen LogP contribution is -2.38. The van der Waals surface area contributed by atoms with Gasteiger partial charge in [0, 0.05) is 19.0 Å². The molecule has 0 unspecified atom stereocenters. The van der Waals surface area contributed by atoms with Crippen molar-refractivity contribution in [3.05, 3.63) is 44.9 Å². The quantitative estimate of drug-likeness (QED) is 0.671. The molecule has 1 atom stereocenters. The van der Waals surface area contributed by atoms with Gasteiger partial charge in [-0.05, 0) is 39.7 Å². The summed E-state index contributed by atoms with van der Waals surface area (Å²) in [7, 11) is 0. The molecular formula is C19H22ClF3N4O3. The van der Waals surface area contributed by atoms with Gasteiger partial charge in [-0.2, -0.15) is 18.3 Å². The van der Waals surface area contributed by atoms with Gasteiger partial charge in [0.05, 0.1) is 22.8 Å². The molecule has 2 aromatic heterocycles. The van der Waals surface area contributed by atoms with Gasteiger partial charge in [0.25, 0.3) is 0 Å². The highest BCUT2D eigenvalue weighted by Crippen LogP contribution is 2.31. The van der Waals surface area contributed by atoms with Crippen LogP contribution in [0.4, 0.5) is 13.2 Å². The van der Waals surface area contributed by atoms with Crippen molar-refractivity contribution < 1.29 is 22.7 Å². The molecule has 3 heterocycles. The van der Waals surface area contributed by atoms with E-state index in [-0.39, 0.29) is 23.7 Å². The molecule has 3 rings (SSSR count). The van der Waals surface area contributed by atoms with E-state index in [1.165, 1.54) is 9.25 Å². The lowest BCUT2D eigenvalue weighted by Gasteiger charge is -2.26. The number of alkyl halides is 3. The Morgan fingerprint density at radius 2 is 2.03 bits per heavy atom. The lowest BCUT2D eigenvalue weighted by molar-refractivity contribution is -0.159. The monoisotopic (exact) mass is 446 g/mol. The third-order valence-electron chi connectivity index (χ3n) is 4.61. The molecule has 1 aliphatic heterocycles. The molecule has 1 aliphatic rings. The molecule has 0 amide bonds. The molecule has 2 aromatic rings. The molecule has 0 fully saturated rings. The number of ether oxygens (including phenoxy) is 1. The summed E-state index contributed by atoms with van der Waals surface area (Å²) in [5, 5.41) is 4.16. The zero-order valence-electron chi connectivity index (χ0n) is 16.8. The van der Waals surface area contributed by atoms with Crippen LogP contribution in [0, 0.1) is 0 Å². The van der Waals surface area contributed by atoms with Crippen LogP contribution in [0.1, 0.15) is 56.7 Å². The average molecular weight is 447 g/mol. The number of esters is 1. The number of halogens is 4. The van der Waals surface area contributed by atoms with E-state index in [4.69, 9.17) is 16.3 Å². The van der Waals surface area contributed by atoms with Crippen LogP contribution < -0.4 is 5.69 Å². The minimum Gasteiger partial charge on any atom is -0.458 e. The molecule has 0 aromatic carbocycles. The van der Waals surface area contributed by atoms with Crippen molar-refractivity contribution in [3.63, 3.8) is 0 Å². The maximum absolute atomic E-state index is 12.8. The van der Waals surface area contributed by atoms with Gasteiger partial charge in [-0.1, -0.05) is 11.6 Å². The van der Waals surface area contributed by atoms with Gasteiger partial charge in [-0.15, -0.1) is 0 Å². The number of hydrogen-bond acceptors (Lipinski definition) is 5. The van der Waals surface area contributed by atoms with Crippen molar-refractivity contribution in [1.82, 2.24) is 19.3 Å². The number of fused-ring (bicyclic) bond motifs is 1. The van der Waals surface area contributed by atoms with Gasteiger partial charge in [0.1, 0.15) is 17.5 Å². The molecule has 0 saturated carbocycles. The fourth-order valence-corrected chi connectivity index (χ4v) is 3.55. The summed E-state index contributed by atoms with van der Waals surface area (Å²) in [6.45, 7) is 5.32. The Balaban J connectivity index is 1.80. The van der Waals surface area contributed by atoms with Crippen LogP contribution in [-0.4, -0.2) is 30.9 Å². The second kappa shape index (κ2) is 8.05. The predicted molar refractivity (Wildman–Crippen MR) is 102 cm³/mol. The van der Waals surface area contributed by atoms with Crippen LogP contribution in [0.2, 0.25) is 5.02 Å². The normalized spacial score (nSPS) is 17.0. The molecule has 0 N–H and O–H groups in total. The van der Waals surface area contributed by atoms with Crippen LogP contribution in [0.25, 0.3) is 0 Å². The molecule has 164 valence electrons. The van der Waals surface area contributed by atoms with E-state index in [0.717, 1.165) is 6.07 Å². The van der Waals surface area contributed by atoms with Crippen molar-refractivity contribution in [2.24, 2.45) is 0 Å². The molecule has 0 radical (unpaired) electrons. The molecular weight excluding hydrogens is 425 g/mol. The number of pyridine rings is 1. The fourth-order valence-electron chi connectivity index (χ4n) is 3.29. The average Bonchev–Trinajstić information content (AvgIpc) is 2.94. The summed E-state index contributed by atoms with van der Waals surface area (Å²) in [6.07, 6.45) is -2.01. The number of carbonyl (C=O) groups excluding carboxylic acids is 1. The smallest absolute Gasteiger partial charge is 0.417 e. The number of rotatable bonds is 4. The van der Waals surface area contributed by atoms with Crippen molar-refractivity contribution in [2.45, 2.75) is 70.8 Å². The number of aryl methyl sites for hydroxylation is 3. The summed E-state index contributed by atoms with van der Waals surface area (Å²) in [5.41, 5.74) is -1.86. The highest BCUT2D eigenvalue weighted by atomic mass is 35.5. The minimum atomic E-state index is -4.54. The maximum Gasteiger partial charge on any atom is 0.417 e. The molecule has 0 saturated heterocycles. The Kier molecular flexibility index (Phi) is 5.99. The lowest BCUT2D eigenvalue weighted by atomic mass is 10.0. The Bertz CT molecular complexity index is 1010. The number of hydrogen-bond donors (Lipinski definition) is 0. The zero-order valence-corrected chi connectivity index (χ0v) is 17.5. The van der Waals surface area contributed by atoms with E-state index in [9.17, 15) is 22.8 Å². The molecule has 0 spiro atoms. The van der Waals surface area contributed by atoms with E-state index in [0.29, 0.717) is 31.3 Å². The number of nitrogens with zero attached hydrogens (tertiary/aromatic N) is 4. The topological polar surface area (TPSA) is 79.0 Å². The van der Waals surface area contributed by atoms with E-state index in [1.54, 1.807) is 20.8 Å². The van der Waals surface area contributed by atoms with Gasteiger partial charge in [-0.3, -0.25) is 9.55 Å². The predicted octanol–water partition coefficient (Wildman–Crippen LogP) is 3.57. The second-order valence-corrected chi connectivity index (χ2v) is 8.54. The van der Waals surface area contributed by atoms with Gasteiger partial charge in [-0.25, -0.2) is 14.3 Å². The van der Waals surface area contributed by atoms with Crippen LogP contribution >= 0.6 is 11.6 Å². The van der Waals surface area contributed by atoms with Crippen molar-refractivity contribution in [1.29, 1.82) is 0 Å². The Morgan fingerprint density at radius 1 is 1.33 bits per heavy atom. The van der Waals surface area contributed by atoms with Crippen LogP contribution in [0.15, 0.2) is 17.1 Å². The first kappa shape index (κ1) is 22.3. The van der Waals surface area contributed by atoms with Crippen molar-refractivity contribution in [2.75, 3.05) is 0 Å². The number of aromatic nitrogens is 4. The largest absolute Gasteiger partial charge is 0.458 e. The van der Waals surface area contributed by atoms with Crippen molar-refractivity contribution in [3.8, 4) is 0 Å². The highest BCUT2D eigenvalue weighted by Gasteiger charge is 2.34. The SMILES string of the molecule is CC(C)(C)OC(=O)[C@@H]1CCCc2nn(CCc3ncc(C(F)(F)F)cc3Cl)c(=O)n21. The first-order chi connectivity index (χ1) is 13.9. The van der Waals surface area contributed by atoms with Gasteiger partial charge in [0.2, 0.25) is 0 Å². The minimum absolute atomic E-state index is 0.0674. The molecule has 30 heavy (non-hydrogen) atoms. The molecule has 7 nitrogen and oxygen atoms in total. The highest BCUT2D eigenvalue weighted by molar-refractivity contribution is 6.31. The second-order valence-electron chi connectivity index (χ2n) is 8.13. The molecule has 11 heteroatoms. The molecule has 0 aliphatic carbocycles. The van der Waals surface area contributed by atoms with E-state index in [1.807, 2.05) is 0 Å². The number of carbonyl (C=O) groups is 1. The third-order valence-corrected chi connectivity index (χ3v) is 4.94. The van der Waals surface area contributed by atoms with Crippen LogP contribution in [0.5, 0.6) is 0 Å². The first-order valence-electron chi connectivity index (χ1n) is 9.49. The first-order valence-corrected chi connectivity index (χ1v) is 9.87. The van der Waals surface area contributed by atoms with Gasteiger partial charge in [0.15, 0.2) is 0 Å².